The standard InChI is InChI=1S/C27H20N2O5S/c30-25(20-6-3-13-35-20)24-22-21(23-17-5-2-1-4-15(17)9-10-28(23)24)26(31)29(27(22)32)16-7-8-18-19(14-16)34-12-11-33-18/h1-10,13-14,21-24H,11-12H2/t21-,22+,23-,24-/m0/s1. The predicted octanol–water partition coefficient (Wildman–Crippen LogP) is 3.92. The van der Waals surface area contributed by atoms with Gasteiger partial charge >= 0.3 is 0 Å². The van der Waals surface area contributed by atoms with Gasteiger partial charge in [-0.15, -0.1) is 11.3 Å². The van der Waals surface area contributed by atoms with Crippen LogP contribution in [0.1, 0.15) is 26.8 Å². The Hall–Kier alpha value is -3.91. The Morgan fingerprint density at radius 3 is 2.54 bits per heavy atom. The second-order valence-corrected chi connectivity index (χ2v) is 9.96. The highest BCUT2D eigenvalue weighted by molar-refractivity contribution is 7.12. The zero-order valence-electron chi connectivity index (χ0n) is 18.5. The quantitative estimate of drug-likeness (QED) is 0.414. The molecule has 5 heterocycles. The molecule has 4 aliphatic heterocycles. The van der Waals surface area contributed by atoms with Crippen molar-refractivity contribution in [3.8, 4) is 11.5 Å². The third-order valence-corrected chi connectivity index (χ3v) is 8.16. The monoisotopic (exact) mass is 484 g/mol. The molecule has 8 heteroatoms. The Morgan fingerprint density at radius 1 is 0.914 bits per heavy atom. The first-order chi connectivity index (χ1) is 17.1. The van der Waals surface area contributed by atoms with Crippen LogP contribution in [0.25, 0.3) is 6.08 Å². The lowest BCUT2D eigenvalue weighted by Gasteiger charge is -2.35. The molecule has 7 nitrogen and oxygen atoms in total. The van der Waals surface area contributed by atoms with E-state index in [2.05, 4.69) is 0 Å². The fourth-order valence-electron chi connectivity index (χ4n) is 5.85. The topological polar surface area (TPSA) is 76.1 Å². The summed E-state index contributed by atoms with van der Waals surface area (Å²) in [5.74, 6) is -1.15. The summed E-state index contributed by atoms with van der Waals surface area (Å²) < 4.78 is 11.3. The van der Waals surface area contributed by atoms with Crippen LogP contribution in [0.2, 0.25) is 0 Å². The van der Waals surface area contributed by atoms with E-state index in [-0.39, 0.29) is 17.6 Å². The van der Waals surface area contributed by atoms with Crippen LogP contribution < -0.4 is 14.4 Å². The molecule has 0 spiro atoms. The van der Waals surface area contributed by atoms with E-state index in [1.807, 2.05) is 52.9 Å². The van der Waals surface area contributed by atoms with Gasteiger partial charge in [-0.3, -0.25) is 14.4 Å². The fraction of sp³-hybridized carbons (Fsp3) is 0.222. The minimum atomic E-state index is -0.786. The van der Waals surface area contributed by atoms with Gasteiger partial charge in [-0.2, -0.15) is 0 Å². The number of carbonyl (C=O) groups excluding carboxylic acids is 3. The number of rotatable bonds is 3. The molecule has 0 N–H and O–H groups in total. The zero-order valence-corrected chi connectivity index (χ0v) is 19.3. The number of thiophene rings is 1. The first-order valence-electron chi connectivity index (χ1n) is 11.5. The second-order valence-electron chi connectivity index (χ2n) is 9.01. The molecular formula is C27H20N2O5S. The van der Waals surface area contributed by atoms with E-state index in [4.69, 9.17) is 9.47 Å². The minimum Gasteiger partial charge on any atom is -0.486 e. The van der Waals surface area contributed by atoms with Crippen molar-refractivity contribution in [3.05, 3.63) is 82.2 Å². The number of imide groups is 1. The predicted molar refractivity (Wildman–Crippen MR) is 129 cm³/mol. The number of amides is 2. The highest BCUT2D eigenvalue weighted by Gasteiger charge is 2.64. The van der Waals surface area contributed by atoms with Gasteiger partial charge in [0.15, 0.2) is 17.3 Å². The molecule has 1 aromatic heterocycles. The van der Waals surface area contributed by atoms with Crippen molar-refractivity contribution in [1.29, 1.82) is 0 Å². The van der Waals surface area contributed by atoms with E-state index < -0.39 is 23.9 Å². The van der Waals surface area contributed by atoms with E-state index in [0.29, 0.717) is 35.3 Å². The van der Waals surface area contributed by atoms with E-state index in [9.17, 15) is 14.4 Å². The van der Waals surface area contributed by atoms with Crippen molar-refractivity contribution in [2.45, 2.75) is 12.1 Å². The molecule has 2 amide bonds. The maximum atomic E-state index is 14.0. The minimum absolute atomic E-state index is 0.133. The number of fused-ring (bicyclic) bond motifs is 6. The molecule has 35 heavy (non-hydrogen) atoms. The first kappa shape index (κ1) is 20.5. The van der Waals surface area contributed by atoms with Crippen molar-refractivity contribution >= 4 is 40.7 Å². The van der Waals surface area contributed by atoms with E-state index in [1.54, 1.807) is 24.3 Å². The molecule has 2 fully saturated rings. The van der Waals surface area contributed by atoms with Crippen LogP contribution >= 0.6 is 11.3 Å². The summed E-state index contributed by atoms with van der Waals surface area (Å²) in [5.41, 5.74) is 2.39. The van der Waals surface area contributed by atoms with Crippen LogP contribution in [0.4, 0.5) is 5.69 Å². The third-order valence-electron chi connectivity index (χ3n) is 7.28. The van der Waals surface area contributed by atoms with Crippen LogP contribution in [0.5, 0.6) is 11.5 Å². The smallest absolute Gasteiger partial charge is 0.240 e. The summed E-state index contributed by atoms with van der Waals surface area (Å²) in [6.45, 7) is 0.857. The van der Waals surface area contributed by atoms with Gasteiger partial charge in [-0.1, -0.05) is 30.3 Å². The van der Waals surface area contributed by atoms with Gasteiger partial charge in [-0.05, 0) is 40.8 Å². The molecule has 0 bridgehead atoms. The van der Waals surface area contributed by atoms with E-state index >= 15 is 0 Å². The molecule has 0 aliphatic carbocycles. The molecule has 2 aromatic carbocycles. The van der Waals surface area contributed by atoms with E-state index in [1.165, 1.54) is 16.2 Å². The lowest BCUT2D eigenvalue weighted by Crippen LogP contribution is -2.44. The zero-order chi connectivity index (χ0) is 23.7. The number of hydrogen-bond donors (Lipinski definition) is 0. The molecule has 4 atom stereocenters. The van der Waals surface area contributed by atoms with Crippen LogP contribution in [-0.4, -0.2) is 41.8 Å². The summed E-state index contributed by atoms with van der Waals surface area (Å²) in [5, 5.41) is 1.85. The summed E-state index contributed by atoms with van der Waals surface area (Å²) in [7, 11) is 0. The molecule has 7 rings (SSSR count). The van der Waals surface area contributed by atoms with Gasteiger partial charge in [0.1, 0.15) is 19.3 Å². The van der Waals surface area contributed by atoms with Gasteiger partial charge in [0, 0.05) is 12.3 Å². The molecule has 4 aliphatic rings. The number of benzene rings is 2. The third kappa shape index (κ3) is 2.86. The normalized spacial score (nSPS) is 25.9. The van der Waals surface area contributed by atoms with Crippen LogP contribution in [-0.2, 0) is 9.59 Å². The van der Waals surface area contributed by atoms with Crippen molar-refractivity contribution in [1.82, 2.24) is 4.90 Å². The second kappa shape index (κ2) is 7.55. The highest BCUT2D eigenvalue weighted by Crippen LogP contribution is 2.54. The molecule has 0 radical (unpaired) electrons. The summed E-state index contributed by atoms with van der Waals surface area (Å²) in [6.07, 6.45) is 3.82. The number of hydrogen-bond acceptors (Lipinski definition) is 7. The van der Waals surface area contributed by atoms with Gasteiger partial charge < -0.3 is 14.4 Å². The number of nitrogens with zero attached hydrogens (tertiary/aromatic N) is 2. The maximum absolute atomic E-state index is 14.0. The Balaban J connectivity index is 1.35. The van der Waals surface area contributed by atoms with Gasteiger partial charge in [-0.25, -0.2) is 4.90 Å². The summed E-state index contributed by atoms with van der Waals surface area (Å²) in [4.78, 5) is 45.4. The van der Waals surface area contributed by atoms with Crippen LogP contribution in [0, 0.1) is 11.8 Å². The number of carbonyl (C=O) groups is 3. The molecule has 0 unspecified atom stereocenters. The number of Topliss-reactive ketones (excluding diaryl/α,β-unsaturated/α-hetero) is 1. The lowest BCUT2D eigenvalue weighted by atomic mass is 9.84. The van der Waals surface area contributed by atoms with Gasteiger partial charge in [0.2, 0.25) is 11.8 Å². The molecule has 0 saturated carbocycles. The maximum Gasteiger partial charge on any atom is 0.240 e. The Bertz CT molecular complexity index is 1410. The molecular weight excluding hydrogens is 464 g/mol. The van der Waals surface area contributed by atoms with Crippen LogP contribution in [0.15, 0.2) is 66.2 Å². The lowest BCUT2D eigenvalue weighted by molar-refractivity contribution is -0.123. The highest BCUT2D eigenvalue weighted by atomic mass is 32.1. The number of ketones is 1. The Morgan fingerprint density at radius 2 is 1.71 bits per heavy atom. The number of anilines is 1. The first-order valence-corrected chi connectivity index (χ1v) is 12.4. The average Bonchev–Trinajstić information content (AvgIpc) is 3.60. The van der Waals surface area contributed by atoms with E-state index in [0.717, 1.165) is 11.1 Å². The van der Waals surface area contributed by atoms with Crippen molar-refractivity contribution in [2.75, 3.05) is 18.1 Å². The van der Waals surface area contributed by atoms with Crippen LogP contribution in [0.3, 0.4) is 0 Å². The van der Waals surface area contributed by atoms with Gasteiger partial charge in [0.25, 0.3) is 0 Å². The van der Waals surface area contributed by atoms with Crippen molar-refractivity contribution in [2.24, 2.45) is 11.8 Å². The molecule has 3 aromatic rings. The summed E-state index contributed by atoms with van der Waals surface area (Å²) in [6, 6.07) is 15.4. The number of ether oxygens (including phenoxy) is 2. The fourth-order valence-corrected chi connectivity index (χ4v) is 6.55. The average molecular weight is 485 g/mol. The SMILES string of the molecule is O=C(c1cccs1)[C@@H]1[C@@H]2C(=O)N(c3ccc4c(c3)OCCO4)C(=O)[C@@H]2[C@@H]2c3ccccc3C=CN12. The van der Waals surface area contributed by atoms with Crippen molar-refractivity contribution in [3.63, 3.8) is 0 Å². The molecule has 2 saturated heterocycles. The Labute approximate surface area is 205 Å². The van der Waals surface area contributed by atoms with Gasteiger partial charge in [0.05, 0.1) is 28.4 Å². The molecule has 174 valence electrons. The summed E-state index contributed by atoms with van der Waals surface area (Å²) >= 11 is 1.35. The largest absolute Gasteiger partial charge is 0.486 e. The van der Waals surface area contributed by atoms with Crippen molar-refractivity contribution < 1.29 is 23.9 Å². The Kier molecular flexibility index (Phi) is 4.41.